The van der Waals surface area contributed by atoms with E-state index in [4.69, 9.17) is 0 Å². The number of nitrogens with one attached hydrogen (secondary N) is 2. The van der Waals surface area contributed by atoms with Crippen molar-refractivity contribution >= 4 is 17.9 Å². The zero-order valence-electron chi connectivity index (χ0n) is 16.0. The highest BCUT2D eigenvalue weighted by Crippen LogP contribution is 2.22. The van der Waals surface area contributed by atoms with Crippen molar-refractivity contribution in [2.75, 3.05) is 20.6 Å². The molecule has 1 aliphatic heterocycles. The number of rotatable bonds is 4. The predicted octanol–water partition coefficient (Wildman–Crippen LogP) is 1.25. The van der Waals surface area contributed by atoms with E-state index in [1.807, 2.05) is 46.9 Å². The summed E-state index contributed by atoms with van der Waals surface area (Å²) in [5.74, 6) is 0.265. The summed E-state index contributed by atoms with van der Waals surface area (Å²) in [5.41, 5.74) is 0.889. The van der Waals surface area contributed by atoms with Gasteiger partial charge < -0.3 is 15.2 Å². The van der Waals surface area contributed by atoms with E-state index in [0.29, 0.717) is 12.2 Å². The number of hydrogen-bond donors (Lipinski definition) is 2. The molecule has 138 valence electrons. The molecule has 2 amide bonds. The van der Waals surface area contributed by atoms with Gasteiger partial charge in [0.2, 0.25) is 5.91 Å². The van der Waals surface area contributed by atoms with Crippen molar-refractivity contribution in [2.45, 2.75) is 46.8 Å². The Balaban J connectivity index is 2.37. The van der Waals surface area contributed by atoms with Crippen LogP contribution in [-0.2, 0) is 17.9 Å². The van der Waals surface area contributed by atoms with E-state index in [9.17, 15) is 9.59 Å². The van der Waals surface area contributed by atoms with Gasteiger partial charge >= 0.3 is 0 Å². The molecule has 0 saturated carbocycles. The first-order valence-electron chi connectivity index (χ1n) is 8.62. The topological polar surface area (TPSA) is 79.3 Å². The second-order valence-electron chi connectivity index (χ2n) is 7.54. The van der Waals surface area contributed by atoms with Crippen molar-refractivity contribution in [3.8, 4) is 0 Å². The Morgan fingerprint density at radius 1 is 1.28 bits per heavy atom. The Morgan fingerprint density at radius 2 is 1.96 bits per heavy atom. The number of imidazole rings is 1. The standard InChI is InChI=1S/C18H29N5O2/c1-7-8-13-20-14(12-11-22(6)9-10-23(12)13)16(24)21-15(17(25)19-5)18(2,3)4/h7-8,15H,9-11H2,1-6H3,(H,19,25)(H,21,24)/b8-7+. The Hall–Kier alpha value is -2.15. The number of amides is 2. The second kappa shape index (κ2) is 7.39. The van der Waals surface area contributed by atoms with Crippen LogP contribution in [0.25, 0.3) is 6.08 Å². The fourth-order valence-electron chi connectivity index (χ4n) is 3.00. The van der Waals surface area contributed by atoms with Gasteiger partial charge in [-0.2, -0.15) is 0 Å². The first-order valence-corrected chi connectivity index (χ1v) is 8.62. The molecule has 2 N–H and O–H groups in total. The van der Waals surface area contributed by atoms with Gasteiger partial charge in [0.25, 0.3) is 5.91 Å². The maximum atomic E-state index is 12.9. The molecule has 2 rings (SSSR count). The molecule has 0 spiro atoms. The van der Waals surface area contributed by atoms with E-state index in [1.165, 1.54) is 0 Å². The molecule has 0 aromatic carbocycles. The summed E-state index contributed by atoms with van der Waals surface area (Å²) in [6, 6.07) is -0.631. The molecule has 25 heavy (non-hydrogen) atoms. The number of carbonyl (C=O) groups excluding carboxylic acids is 2. The molecule has 0 aliphatic carbocycles. The highest BCUT2D eigenvalue weighted by atomic mass is 16.2. The van der Waals surface area contributed by atoms with Crippen molar-refractivity contribution in [3.63, 3.8) is 0 Å². The van der Waals surface area contributed by atoms with Crippen LogP contribution in [0.5, 0.6) is 0 Å². The lowest BCUT2D eigenvalue weighted by molar-refractivity contribution is -0.124. The average molecular weight is 347 g/mol. The van der Waals surface area contributed by atoms with Crippen molar-refractivity contribution in [2.24, 2.45) is 5.41 Å². The third-order valence-corrected chi connectivity index (χ3v) is 4.41. The van der Waals surface area contributed by atoms with Gasteiger partial charge in [0, 0.05) is 26.7 Å². The highest BCUT2D eigenvalue weighted by Gasteiger charge is 2.34. The maximum Gasteiger partial charge on any atom is 0.272 e. The second-order valence-corrected chi connectivity index (χ2v) is 7.54. The number of likely N-dealkylation sites (N-methyl/N-ethyl adjacent to an activating group) is 2. The minimum Gasteiger partial charge on any atom is -0.357 e. The molecule has 0 saturated heterocycles. The lowest BCUT2D eigenvalue weighted by atomic mass is 9.86. The molecule has 0 radical (unpaired) electrons. The smallest absolute Gasteiger partial charge is 0.272 e. The summed E-state index contributed by atoms with van der Waals surface area (Å²) >= 11 is 0. The molecule has 7 heteroatoms. The summed E-state index contributed by atoms with van der Waals surface area (Å²) in [7, 11) is 3.60. The SMILES string of the molecule is C/C=C/c1nc(C(=O)NC(C(=O)NC)C(C)(C)C)c2n1CCN(C)C2. The highest BCUT2D eigenvalue weighted by molar-refractivity contribution is 5.97. The number of nitrogens with zero attached hydrogens (tertiary/aromatic N) is 3. The summed E-state index contributed by atoms with van der Waals surface area (Å²) in [6.45, 7) is 10.1. The molecule has 1 atom stereocenters. The van der Waals surface area contributed by atoms with Crippen LogP contribution in [0.4, 0.5) is 0 Å². The van der Waals surface area contributed by atoms with Gasteiger partial charge in [0.1, 0.15) is 11.9 Å². The molecule has 1 aromatic heterocycles. The third kappa shape index (κ3) is 4.10. The molecule has 1 aromatic rings. The average Bonchev–Trinajstić information content (AvgIpc) is 2.89. The molecular formula is C18H29N5O2. The van der Waals surface area contributed by atoms with E-state index in [1.54, 1.807) is 7.05 Å². The molecule has 0 fully saturated rings. The predicted molar refractivity (Wildman–Crippen MR) is 98.0 cm³/mol. The van der Waals surface area contributed by atoms with E-state index in [2.05, 4.69) is 25.1 Å². The summed E-state index contributed by atoms with van der Waals surface area (Å²) in [6.07, 6.45) is 3.82. The van der Waals surface area contributed by atoms with Gasteiger partial charge in [0.05, 0.1) is 5.69 Å². The largest absolute Gasteiger partial charge is 0.357 e. The van der Waals surface area contributed by atoms with Crippen LogP contribution in [-0.4, -0.2) is 52.9 Å². The van der Waals surface area contributed by atoms with Gasteiger partial charge in [-0.25, -0.2) is 4.98 Å². The Morgan fingerprint density at radius 3 is 2.52 bits per heavy atom. The van der Waals surface area contributed by atoms with E-state index in [0.717, 1.165) is 24.6 Å². The van der Waals surface area contributed by atoms with Gasteiger partial charge in [-0.3, -0.25) is 14.5 Å². The monoisotopic (exact) mass is 347 g/mol. The minimum atomic E-state index is -0.631. The van der Waals surface area contributed by atoms with Gasteiger partial charge in [0.15, 0.2) is 5.69 Å². The third-order valence-electron chi connectivity index (χ3n) is 4.41. The van der Waals surface area contributed by atoms with Crippen LogP contribution in [0.1, 0.15) is 49.7 Å². The van der Waals surface area contributed by atoms with Crippen molar-refractivity contribution in [3.05, 3.63) is 23.3 Å². The van der Waals surface area contributed by atoms with E-state index < -0.39 is 11.5 Å². The fraction of sp³-hybridized carbons (Fsp3) is 0.611. The molecule has 0 bridgehead atoms. The summed E-state index contributed by atoms with van der Waals surface area (Å²) in [4.78, 5) is 31.8. The lowest BCUT2D eigenvalue weighted by Crippen LogP contribution is -2.53. The maximum absolute atomic E-state index is 12.9. The quantitative estimate of drug-likeness (QED) is 0.859. The number of allylic oxidation sites excluding steroid dienone is 1. The lowest BCUT2D eigenvalue weighted by Gasteiger charge is -2.30. The first kappa shape index (κ1) is 19.2. The van der Waals surface area contributed by atoms with Gasteiger partial charge in [-0.05, 0) is 25.5 Å². The van der Waals surface area contributed by atoms with Crippen molar-refractivity contribution < 1.29 is 9.59 Å². The van der Waals surface area contributed by atoms with Gasteiger partial charge in [-0.15, -0.1) is 0 Å². The normalized spacial score (nSPS) is 16.6. The van der Waals surface area contributed by atoms with Crippen molar-refractivity contribution in [1.82, 2.24) is 25.1 Å². The van der Waals surface area contributed by atoms with Crippen LogP contribution in [0.3, 0.4) is 0 Å². The minimum absolute atomic E-state index is 0.209. The van der Waals surface area contributed by atoms with Crippen LogP contribution in [0, 0.1) is 5.41 Å². The van der Waals surface area contributed by atoms with E-state index >= 15 is 0 Å². The summed E-state index contributed by atoms with van der Waals surface area (Å²) in [5, 5.41) is 5.50. The Bertz CT molecular complexity index is 684. The van der Waals surface area contributed by atoms with Crippen LogP contribution in [0.2, 0.25) is 0 Å². The number of aromatic nitrogens is 2. The molecule has 1 unspecified atom stereocenters. The van der Waals surface area contributed by atoms with Crippen LogP contribution < -0.4 is 10.6 Å². The molecular weight excluding hydrogens is 318 g/mol. The Labute approximate surface area is 149 Å². The number of fused-ring (bicyclic) bond motifs is 1. The fourth-order valence-corrected chi connectivity index (χ4v) is 3.00. The zero-order chi connectivity index (χ0) is 18.8. The van der Waals surface area contributed by atoms with Crippen LogP contribution >= 0.6 is 0 Å². The molecule has 1 aliphatic rings. The zero-order valence-corrected chi connectivity index (χ0v) is 16.0. The molecule has 2 heterocycles. The van der Waals surface area contributed by atoms with Gasteiger partial charge in [-0.1, -0.05) is 26.8 Å². The Kier molecular flexibility index (Phi) is 5.67. The molecule has 7 nitrogen and oxygen atoms in total. The van der Waals surface area contributed by atoms with E-state index in [-0.39, 0.29) is 11.8 Å². The number of carbonyl (C=O) groups is 2. The number of hydrogen-bond acceptors (Lipinski definition) is 4. The van der Waals surface area contributed by atoms with Crippen molar-refractivity contribution in [1.29, 1.82) is 0 Å². The van der Waals surface area contributed by atoms with Crippen LogP contribution in [0.15, 0.2) is 6.08 Å². The summed E-state index contributed by atoms with van der Waals surface area (Å²) < 4.78 is 2.08. The first-order chi connectivity index (χ1) is 11.7.